The van der Waals surface area contributed by atoms with Crippen molar-refractivity contribution in [3.05, 3.63) is 29.8 Å². The lowest BCUT2D eigenvalue weighted by atomic mass is 10.2. The molecule has 0 spiro atoms. The minimum absolute atomic E-state index is 0.176. The van der Waals surface area contributed by atoms with E-state index in [0.717, 1.165) is 18.4 Å². The molecule has 0 bridgehead atoms. The lowest BCUT2D eigenvalue weighted by Crippen LogP contribution is -2.38. The van der Waals surface area contributed by atoms with E-state index in [4.69, 9.17) is 4.74 Å². The minimum Gasteiger partial charge on any atom is -0.383 e. The van der Waals surface area contributed by atoms with E-state index in [1.807, 2.05) is 13.0 Å². The molecule has 18 heavy (non-hydrogen) atoms. The molecule has 1 N–H and O–H groups in total. The maximum atomic E-state index is 12.2. The molecule has 0 aliphatic heterocycles. The summed E-state index contributed by atoms with van der Waals surface area (Å²) in [5, 5.41) is 0. The Kier molecular flexibility index (Phi) is 5.78. The van der Waals surface area contributed by atoms with Crippen LogP contribution < -0.4 is 4.72 Å². The molecule has 4 nitrogen and oxygen atoms in total. The predicted octanol–water partition coefficient (Wildman–Crippen LogP) is 2.09. The molecule has 1 rings (SSSR count). The molecule has 1 aromatic rings. The molecule has 1 atom stereocenters. The molecule has 1 unspecified atom stereocenters. The molecular weight excluding hydrogens is 250 g/mol. The number of rotatable bonds is 7. The molecule has 0 heterocycles. The molecular formula is C13H21NO3S. The fourth-order valence-electron chi connectivity index (χ4n) is 1.87. The van der Waals surface area contributed by atoms with E-state index in [2.05, 4.69) is 4.72 Å². The van der Waals surface area contributed by atoms with Gasteiger partial charge < -0.3 is 4.74 Å². The Labute approximate surface area is 109 Å². The van der Waals surface area contributed by atoms with Crippen molar-refractivity contribution >= 4 is 10.0 Å². The first-order chi connectivity index (χ1) is 8.51. The van der Waals surface area contributed by atoms with E-state index in [9.17, 15) is 8.42 Å². The van der Waals surface area contributed by atoms with Crippen molar-refractivity contribution in [3.63, 3.8) is 0 Å². The summed E-state index contributed by atoms with van der Waals surface area (Å²) in [6, 6.07) is 6.79. The summed E-state index contributed by atoms with van der Waals surface area (Å²) < 4.78 is 32.2. The van der Waals surface area contributed by atoms with Crippen molar-refractivity contribution in [2.24, 2.45) is 0 Å². The van der Waals surface area contributed by atoms with Crippen LogP contribution in [0.3, 0.4) is 0 Å². The smallest absolute Gasteiger partial charge is 0.241 e. The summed E-state index contributed by atoms with van der Waals surface area (Å²) in [7, 11) is -1.89. The molecule has 102 valence electrons. The van der Waals surface area contributed by atoms with E-state index >= 15 is 0 Å². The molecule has 0 fully saturated rings. The van der Waals surface area contributed by atoms with Gasteiger partial charge in [-0.05, 0) is 25.0 Å². The molecule has 1 aromatic carbocycles. The number of methoxy groups -OCH3 is 1. The van der Waals surface area contributed by atoms with Crippen LogP contribution in [0.1, 0.15) is 25.3 Å². The Bertz CT molecular complexity index is 465. The van der Waals surface area contributed by atoms with Crippen LogP contribution in [-0.4, -0.2) is 28.2 Å². The van der Waals surface area contributed by atoms with Crippen LogP contribution in [0.5, 0.6) is 0 Å². The van der Waals surface area contributed by atoms with Crippen molar-refractivity contribution in [1.29, 1.82) is 0 Å². The molecule has 0 aromatic heterocycles. The Morgan fingerprint density at radius 3 is 2.56 bits per heavy atom. The van der Waals surface area contributed by atoms with Crippen molar-refractivity contribution in [2.75, 3.05) is 13.7 Å². The van der Waals surface area contributed by atoms with Crippen LogP contribution in [0.4, 0.5) is 0 Å². The lowest BCUT2D eigenvalue weighted by molar-refractivity contribution is 0.171. The Hall–Kier alpha value is -0.910. The lowest BCUT2D eigenvalue weighted by Gasteiger charge is -2.18. The highest BCUT2D eigenvalue weighted by Crippen LogP contribution is 2.15. The summed E-state index contributed by atoms with van der Waals surface area (Å²) >= 11 is 0. The zero-order chi connectivity index (χ0) is 13.6. The quantitative estimate of drug-likeness (QED) is 0.826. The van der Waals surface area contributed by atoms with E-state index in [1.54, 1.807) is 32.2 Å². The number of sulfonamides is 1. The number of aryl methyl sites for hydroxylation is 1. The second kappa shape index (κ2) is 6.87. The summed E-state index contributed by atoms with van der Waals surface area (Å²) in [4.78, 5) is 0.335. The third kappa shape index (κ3) is 4.08. The van der Waals surface area contributed by atoms with Gasteiger partial charge in [-0.2, -0.15) is 0 Å². The zero-order valence-electron chi connectivity index (χ0n) is 11.1. The first-order valence-electron chi connectivity index (χ1n) is 6.08. The van der Waals surface area contributed by atoms with Gasteiger partial charge in [-0.3, -0.25) is 0 Å². The molecule has 0 amide bonds. The van der Waals surface area contributed by atoms with Crippen molar-refractivity contribution in [3.8, 4) is 0 Å². The average Bonchev–Trinajstić information content (AvgIpc) is 2.29. The van der Waals surface area contributed by atoms with Crippen LogP contribution >= 0.6 is 0 Å². The molecule has 0 saturated heterocycles. The van der Waals surface area contributed by atoms with E-state index in [-0.39, 0.29) is 6.04 Å². The molecule has 5 heteroatoms. The van der Waals surface area contributed by atoms with Crippen LogP contribution in [0.2, 0.25) is 0 Å². The number of nitrogens with one attached hydrogen (secondary N) is 1. The maximum absolute atomic E-state index is 12.2. The van der Waals surface area contributed by atoms with E-state index < -0.39 is 10.0 Å². The fourth-order valence-corrected chi connectivity index (χ4v) is 3.37. The Morgan fingerprint density at radius 1 is 1.33 bits per heavy atom. The topological polar surface area (TPSA) is 55.4 Å². The molecule has 0 aliphatic carbocycles. The second-order valence-electron chi connectivity index (χ2n) is 4.33. The summed E-state index contributed by atoms with van der Waals surface area (Å²) in [5.41, 5.74) is 0.748. The Morgan fingerprint density at radius 2 is 2.00 bits per heavy atom. The highest BCUT2D eigenvalue weighted by molar-refractivity contribution is 7.89. The van der Waals surface area contributed by atoms with Gasteiger partial charge in [0.05, 0.1) is 11.5 Å². The second-order valence-corrected chi connectivity index (χ2v) is 6.01. The van der Waals surface area contributed by atoms with Gasteiger partial charge in [0.2, 0.25) is 10.0 Å². The number of benzene rings is 1. The van der Waals surface area contributed by atoms with Gasteiger partial charge >= 0.3 is 0 Å². The molecule has 0 radical (unpaired) electrons. The van der Waals surface area contributed by atoms with Gasteiger partial charge in [-0.1, -0.05) is 31.5 Å². The largest absolute Gasteiger partial charge is 0.383 e. The predicted molar refractivity (Wildman–Crippen MR) is 72.1 cm³/mol. The first-order valence-corrected chi connectivity index (χ1v) is 7.56. The number of hydrogen-bond acceptors (Lipinski definition) is 3. The highest BCUT2D eigenvalue weighted by atomic mass is 32.2. The van der Waals surface area contributed by atoms with Gasteiger partial charge in [0, 0.05) is 13.2 Å². The number of ether oxygens (including phenoxy) is 1. The van der Waals surface area contributed by atoms with Gasteiger partial charge in [0.1, 0.15) is 0 Å². The third-order valence-electron chi connectivity index (χ3n) is 2.71. The SMILES string of the molecule is CCCC(COC)NS(=O)(=O)c1ccccc1C. The third-order valence-corrected chi connectivity index (χ3v) is 4.39. The monoisotopic (exact) mass is 271 g/mol. The van der Waals surface area contributed by atoms with E-state index in [0.29, 0.717) is 11.5 Å². The van der Waals surface area contributed by atoms with Gasteiger partial charge in [0.25, 0.3) is 0 Å². The van der Waals surface area contributed by atoms with Crippen LogP contribution in [0.25, 0.3) is 0 Å². The first kappa shape index (κ1) is 15.1. The van der Waals surface area contributed by atoms with Crippen molar-refractivity contribution in [2.45, 2.75) is 37.6 Å². The molecule has 0 aliphatic rings. The molecule has 0 saturated carbocycles. The number of hydrogen-bond donors (Lipinski definition) is 1. The van der Waals surface area contributed by atoms with Crippen molar-refractivity contribution in [1.82, 2.24) is 4.72 Å². The van der Waals surface area contributed by atoms with E-state index in [1.165, 1.54) is 0 Å². The van der Waals surface area contributed by atoms with Gasteiger partial charge in [-0.15, -0.1) is 0 Å². The standard InChI is InChI=1S/C13H21NO3S/c1-4-7-12(10-17-3)14-18(15,16)13-9-6-5-8-11(13)2/h5-6,8-9,12,14H,4,7,10H2,1-3H3. The van der Waals surface area contributed by atoms with Crippen LogP contribution in [0, 0.1) is 6.92 Å². The summed E-state index contributed by atoms with van der Waals surface area (Å²) in [6.07, 6.45) is 1.67. The summed E-state index contributed by atoms with van der Waals surface area (Å²) in [6.45, 7) is 4.20. The fraction of sp³-hybridized carbons (Fsp3) is 0.538. The maximum Gasteiger partial charge on any atom is 0.241 e. The average molecular weight is 271 g/mol. The van der Waals surface area contributed by atoms with Gasteiger partial charge in [-0.25, -0.2) is 13.1 Å². The minimum atomic E-state index is -3.46. The van der Waals surface area contributed by atoms with Gasteiger partial charge in [0.15, 0.2) is 0 Å². The highest BCUT2D eigenvalue weighted by Gasteiger charge is 2.20. The van der Waals surface area contributed by atoms with Crippen molar-refractivity contribution < 1.29 is 13.2 Å². The van der Waals surface area contributed by atoms with Crippen LogP contribution in [0.15, 0.2) is 29.2 Å². The normalized spacial score (nSPS) is 13.5. The Balaban J connectivity index is 2.90. The summed E-state index contributed by atoms with van der Waals surface area (Å²) in [5.74, 6) is 0. The van der Waals surface area contributed by atoms with Crippen LogP contribution in [-0.2, 0) is 14.8 Å². The zero-order valence-corrected chi connectivity index (χ0v) is 12.0.